The number of halogens is 1. The first kappa shape index (κ1) is 12.6. The number of benzene rings is 1. The van der Waals surface area contributed by atoms with E-state index in [1.54, 1.807) is 12.1 Å². The Labute approximate surface area is 112 Å². The summed E-state index contributed by atoms with van der Waals surface area (Å²) in [5.41, 5.74) is 1.83. The molecular formula is C15H20FN3. The summed E-state index contributed by atoms with van der Waals surface area (Å²) in [5, 5.41) is 3.42. The highest BCUT2D eigenvalue weighted by Crippen LogP contribution is 2.30. The number of hydrogen-bond donors (Lipinski definition) is 1. The van der Waals surface area contributed by atoms with Crippen LogP contribution in [0.15, 0.2) is 18.2 Å². The second-order valence-corrected chi connectivity index (χ2v) is 5.50. The SMILES string of the molecule is CCCn1c(C2CNCC2C)nc2ccc(F)cc21. The molecule has 2 unspecified atom stereocenters. The molecule has 1 aliphatic heterocycles. The molecule has 0 saturated carbocycles. The van der Waals surface area contributed by atoms with E-state index in [-0.39, 0.29) is 5.82 Å². The van der Waals surface area contributed by atoms with Crippen LogP contribution in [0.5, 0.6) is 0 Å². The molecule has 1 aliphatic rings. The Hall–Kier alpha value is -1.42. The van der Waals surface area contributed by atoms with Crippen molar-refractivity contribution in [3.8, 4) is 0 Å². The van der Waals surface area contributed by atoms with Crippen molar-refractivity contribution in [2.75, 3.05) is 13.1 Å². The predicted molar refractivity (Wildman–Crippen MR) is 74.8 cm³/mol. The summed E-state index contributed by atoms with van der Waals surface area (Å²) in [4.78, 5) is 4.76. The molecule has 2 heterocycles. The van der Waals surface area contributed by atoms with Gasteiger partial charge in [0, 0.05) is 19.0 Å². The average molecular weight is 261 g/mol. The van der Waals surface area contributed by atoms with Crippen LogP contribution in [-0.2, 0) is 6.54 Å². The highest BCUT2D eigenvalue weighted by molar-refractivity contribution is 5.76. The summed E-state index contributed by atoms with van der Waals surface area (Å²) in [5.74, 6) is 1.94. The lowest BCUT2D eigenvalue weighted by Gasteiger charge is -2.16. The predicted octanol–water partition coefficient (Wildman–Crippen LogP) is 2.91. The molecule has 3 nitrogen and oxygen atoms in total. The van der Waals surface area contributed by atoms with Gasteiger partial charge in [0.15, 0.2) is 0 Å². The Morgan fingerprint density at radius 1 is 1.42 bits per heavy atom. The van der Waals surface area contributed by atoms with Crippen LogP contribution in [0, 0.1) is 11.7 Å². The van der Waals surface area contributed by atoms with Gasteiger partial charge in [-0.1, -0.05) is 13.8 Å². The van der Waals surface area contributed by atoms with Crippen LogP contribution < -0.4 is 5.32 Å². The van der Waals surface area contributed by atoms with Crippen molar-refractivity contribution in [2.24, 2.45) is 5.92 Å². The van der Waals surface area contributed by atoms with Crippen molar-refractivity contribution < 1.29 is 4.39 Å². The van der Waals surface area contributed by atoms with Gasteiger partial charge in [-0.05, 0) is 37.1 Å². The summed E-state index contributed by atoms with van der Waals surface area (Å²) in [6.45, 7) is 7.30. The molecule has 0 bridgehead atoms. The number of aryl methyl sites for hydroxylation is 1. The summed E-state index contributed by atoms with van der Waals surface area (Å²) >= 11 is 0. The summed E-state index contributed by atoms with van der Waals surface area (Å²) in [6, 6.07) is 4.88. The fourth-order valence-corrected chi connectivity index (χ4v) is 3.01. The lowest BCUT2D eigenvalue weighted by Crippen LogP contribution is -2.15. The van der Waals surface area contributed by atoms with Crippen molar-refractivity contribution in [3.05, 3.63) is 29.8 Å². The average Bonchev–Trinajstić information content (AvgIpc) is 2.94. The Balaban J connectivity index is 2.14. The van der Waals surface area contributed by atoms with E-state index in [4.69, 9.17) is 4.98 Å². The van der Waals surface area contributed by atoms with E-state index in [9.17, 15) is 4.39 Å². The van der Waals surface area contributed by atoms with E-state index < -0.39 is 0 Å². The van der Waals surface area contributed by atoms with Gasteiger partial charge in [0.25, 0.3) is 0 Å². The van der Waals surface area contributed by atoms with E-state index in [0.717, 1.165) is 42.9 Å². The third kappa shape index (κ3) is 2.14. The molecule has 0 amide bonds. The third-order valence-electron chi connectivity index (χ3n) is 4.04. The van der Waals surface area contributed by atoms with Crippen LogP contribution in [-0.4, -0.2) is 22.6 Å². The molecule has 2 aromatic rings. The minimum atomic E-state index is -0.186. The standard InChI is InChI=1S/C15H20FN3/c1-3-6-19-14-7-11(16)4-5-13(14)18-15(19)12-9-17-8-10(12)2/h4-5,7,10,12,17H,3,6,8-9H2,1-2H3. The number of nitrogens with one attached hydrogen (secondary N) is 1. The topological polar surface area (TPSA) is 29.9 Å². The van der Waals surface area contributed by atoms with E-state index in [1.807, 2.05) is 0 Å². The van der Waals surface area contributed by atoms with Gasteiger partial charge in [-0.15, -0.1) is 0 Å². The number of imidazole rings is 1. The molecule has 102 valence electrons. The van der Waals surface area contributed by atoms with E-state index in [0.29, 0.717) is 11.8 Å². The van der Waals surface area contributed by atoms with Crippen LogP contribution in [0.2, 0.25) is 0 Å². The van der Waals surface area contributed by atoms with Crippen molar-refractivity contribution in [1.29, 1.82) is 0 Å². The molecular weight excluding hydrogens is 241 g/mol. The van der Waals surface area contributed by atoms with Gasteiger partial charge in [0.1, 0.15) is 11.6 Å². The third-order valence-corrected chi connectivity index (χ3v) is 4.04. The summed E-state index contributed by atoms with van der Waals surface area (Å²) in [7, 11) is 0. The van der Waals surface area contributed by atoms with E-state index >= 15 is 0 Å². The Morgan fingerprint density at radius 3 is 2.95 bits per heavy atom. The molecule has 2 atom stereocenters. The Morgan fingerprint density at radius 2 is 2.26 bits per heavy atom. The number of hydrogen-bond acceptors (Lipinski definition) is 2. The number of rotatable bonds is 3. The fraction of sp³-hybridized carbons (Fsp3) is 0.533. The quantitative estimate of drug-likeness (QED) is 0.920. The van der Waals surface area contributed by atoms with Crippen molar-refractivity contribution in [2.45, 2.75) is 32.7 Å². The maximum atomic E-state index is 13.5. The van der Waals surface area contributed by atoms with Crippen molar-refractivity contribution >= 4 is 11.0 Å². The second kappa shape index (κ2) is 4.93. The zero-order chi connectivity index (χ0) is 13.4. The molecule has 0 spiro atoms. The number of aromatic nitrogens is 2. The Kier molecular flexibility index (Phi) is 3.27. The van der Waals surface area contributed by atoms with Crippen LogP contribution in [0.3, 0.4) is 0 Å². The van der Waals surface area contributed by atoms with Crippen LogP contribution in [0.25, 0.3) is 11.0 Å². The van der Waals surface area contributed by atoms with Crippen LogP contribution in [0.1, 0.15) is 32.0 Å². The van der Waals surface area contributed by atoms with Gasteiger partial charge in [0.05, 0.1) is 11.0 Å². The molecule has 1 aromatic carbocycles. The first-order valence-electron chi connectivity index (χ1n) is 7.07. The Bertz CT molecular complexity index is 590. The highest BCUT2D eigenvalue weighted by Gasteiger charge is 2.29. The van der Waals surface area contributed by atoms with Gasteiger partial charge in [-0.3, -0.25) is 0 Å². The summed E-state index contributed by atoms with van der Waals surface area (Å²) < 4.78 is 15.7. The first-order chi connectivity index (χ1) is 9.20. The zero-order valence-electron chi connectivity index (χ0n) is 11.5. The highest BCUT2D eigenvalue weighted by atomic mass is 19.1. The number of fused-ring (bicyclic) bond motifs is 1. The monoisotopic (exact) mass is 261 g/mol. The molecule has 1 N–H and O–H groups in total. The van der Waals surface area contributed by atoms with E-state index in [2.05, 4.69) is 23.7 Å². The molecule has 0 radical (unpaired) electrons. The zero-order valence-corrected chi connectivity index (χ0v) is 11.5. The first-order valence-corrected chi connectivity index (χ1v) is 7.07. The maximum Gasteiger partial charge on any atom is 0.125 e. The van der Waals surface area contributed by atoms with E-state index in [1.165, 1.54) is 6.07 Å². The lowest BCUT2D eigenvalue weighted by atomic mass is 9.97. The van der Waals surface area contributed by atoms with Gasteiger partial charge in [-0.2, -0.15) is 0 Å². The van der Waals surface area contributed by atoms with Gasteiger partial charge >= 0.3 is 0 Å². The molecule has 19 heavy (non-hydrogen) atoms. The fourth-order valence-electron chi connectivity index (χ4n) is 3.01. The van der Waals surface area contributed by atoms with Crippen LogP contribution >= 0.6 is 0 Å². The van der Waals surface area contributed by atoms with Crippen LogP contribution in [0.4, 0.5) is 4.39 Å². The molecule has 1 saturated heterocycles. The number of nitrogens with zero attached hydrogens (tertiary/aromatic N) is 2. The molecule has 0 aliphatic carbocycles. The molecule has 4 heteroatoms. The minimum absolute atomic E-state index is 0.186. The second-order valence-electron chi connectivity index (χ2n) is 5.50. The smallest absolute Gasteiger partial charge is 0.125 e. The normalized spacial score (nSPS) is 23.3. The lowest BCUT2D eigenvalue weighted by molar-refractivity contribution is 0.513. The van der Waals surface area contributed by atoms with Crippen molar-refractivity contribution in [3.63, 3.8) is 0 Å². The van der Waals surface area contributed by atoms with Crippen molar-refractivity contribution in [1.82, 2.24) is 14.9 Å². The minimum Gasteiger partial charge on any atom is -0.328 e. The maximum absolute atomic E-state index is 13.5. The van der Waals surface area contributed by atoms with Gasteiger partial charge < -0.3 is 9.88 Å². The van der Waals surface area contributed by atoms with Gasteiger partial charge in [0.2, 0.25) is 0 Å². The molecule has 1 aromatic heterocycles. The molecule has 3 rings (SSSR count). The van der Waals surface area contributed by atoms with Gasteiger partial charge in [-0.25, -0.2) is 9.37 Å². The largest absolute Gasteiger partial charge is 0.328 e. The molecule has 1 fully saturated rings. The summed E-state index contributed by atoms with van der Waals surface area (Å²) in [6.07, 6.45) is 1.03.